The van der Waals surface area contributed by atoms with Gasteiger partial charge < -0.3 is 16.0 Å². The summed E-state index contributed by atoms with van der Waals surface area (Å²) in [4.78, 5) is 28.8. The van der Waals surface area contributed by atoms with Gasteiger partial charge in [-0.3, -0.25) is 9.52 Å². The maximum atomic E-state index is 12.3. The standard InChI is InChI=1S/C22H21N7OS/c23-21-25-14-19(28-21)17-8-6-15(7-9-17)11-24-20(30)10-16-12-26-22(27-13-16)29-31-18-4-2-1-3-5-18/h1-9,12-14H,10-11H2,(H,24,30)(H3,23,25,28)(H,26,27,29). The van der Waals surface area contributed by atoms with E-state index in [1.54, 1.807) is 18.6 Å². The van der Waals surface area contributed by atoms with Crippen LogP contribution in [-0.2, 0) is 17.8 Å². The molecule has 2 heterocycles. The second-order valence-electron chi connectivity index (χ2n) is 6.76. The summed E-state index contributed by atoms with van der Waals surface area (Å²) in [5.41, 5.74) is 9.20. The summed E-state index contributed by atoms with van der Waals surface area (Å²) in [6.07, 6.45) is 5.23. The van der Waals surface area contributed by atoms with Crippen LogP contribution in [0, 0.1) is 0 Å². The lowest BCUT2D eigenvalue weighted by Crippen LogP contribution is -2.24. The third-order valence-corrected chi connectivity index (χ3v) is 5.22. The lowest BCUT2D eigenvalue weighted by atomic mass is 10.1. The van der Waals surface area contributed by atoms with E-state index in [2.05, 4.69) is 30.0 Å². The number of hydrogen-bond acceptors (Lipinski definition) is 7. The molecule has 9 heteroatoms. The molecule has 0 unspecified atom stereocenters. The highest BCUT2D eigenvalue weighted by molar-refractivity contribution is 8.00. The molecule has 5 N–H and O–H groups in total. The first kappa shape index (κ1) is 20.4. The van der Waals surface area contributed by atoms with E-state index in [-0.39, 0.29) is 12.3 Å². The molecule has 8 nitrogen and oxygen atoms in total. The molecular formula is C22H21N7OS. The first-order valence-corrected chi connectivity index (χ1v) is 10.4. The summed E-state index contributed by atoms with van der Waals surface area (Å²) in [7, 11) is 0. The maximum Gasteiger partial charge on any atom is 0.233 e. The largest absolute Gasteiger partial charge is 0.369 e. The number of carbonyl (C=O) groups is 1. The number of H-pyrrole nitrogens is 1. The number of anilines is 2. The Balaban J connectivity index is 1.24. The van der Waals surface area contributed by atoms with E-state index in [4.69, 9.17) is 5.73 Å². The van der Waals surface area contributed by atoms with Crippen LogP contribution >= 0.6 is 11.9 Å². The molecule has 0 aliphatic rings. The van der Waals surface area contributed by atoms with Crippen molar-refractivity contribution in [3.8, 4) is 11.3 Å². The van der Waals surface area contributed by atoms with Gasteiger partial charge in [0.2, 0.25) is 11.9 Å². The van der Waals surface area contributed by atoms with Crippen molar-refractivity contribution >= 4 is 29.8 Å². The highest BCUT2D eigenvalue weighted by Gasteiger charge is 2.06. The van der Waals surface area contributed by atoms with Crippen LogP contribution in [0.1, 0.15) is 11.1 Å². The zero-order valence-corrected chi connectivity index (χ0v) is 17.4. The number of aromatic amines is 1. The first-order valence-electron chi connectivity index (χ1n) is 9.61. The molecule has 156 valence electrons. The van der Waals surface area contributed by atoms with E-state index >= 15 is 0 Å². The topological polar surface area (TPSA) is 122 Å². The third kappa shape index (κ3) is 5.83. The number of nitrogens with one attached hydrogen (secondary N) is 3. The molecule has 4 aromatic rings. The molecule has 31 heavy (non-hydrogen) atoms. The summed E-state index contributed by atoms with van der Waals surface area (Å²) in [6, 6.07) is 17.7. The third-order valence-electron chi connectivity index (χ3n) is 4.42. The molecule has 0 aliphatic carbocycles. The highest BCUT2D eigenvalue weighted by Crippen LogP contribution is 2.19. The van der Waals surface area contributed by atoms with E-state index in [0.29, 0.717) is 18.4 Å². The quantitative estimate of drug-likeness (QED) is 0.315. The van der Waals surface area contributed by atoms with Crippen molar-refractivity contribution in [2.45, 2.75) is 17.9 Å². The summed E-state index contributed by atoms with van der Waals surface area (Å²) < 4.78 is 3.09. The van der Waals surface area contributed by atoms with Crippen LogP contribution in [0.5, 0.6) is 0 Å². The first-order chi connectivity index (χ1) is 15.2. The Morgan fingerprint density at radius 2 is 1.68 bits per heavy atom. The second kappa shape index (κ2) is 9.77. The fourth-order valence-electron chi connectivity index (χ4n) is 2.83. The summed E-state index contributed by atoms with van der Waals surface area (Å²) >= 11 is 1.43. The number of nitrogens with zero attached hydrogens (tertiary/aromatic N) is 3. The minimum atomic E-state index is -0.0895. The van der Waals surface area contributed by atoms with Crippen LogP contribution in [0.25, 0.3) is 11.3 Å². The van der Waals surface area contributed by atoms with E-state index in [9.17, 15) is 4.79 Å². The van der Waals surface area contributed by atoms with Gasteiger partial charge in [-0.1, -0.05) is 42.5 Å². The number of carbonyl (C=O) groups excluding carboxylic acids is 1. The zero-order chi connectivity index (χ0) is 21.5. The van der Waals surface area contributed by atoms with Gasteiger partial charge in [0.25, 0.3) is 0 Å². The van der Waals surface area contributed by atoms with Crippen LogP contribution in [0.4, 0.5) is 11.9 Å². The average molecular weight is 432 g/mol. The summed E-state index contributed by atoms with van der Waals surface area (Å²) in [6.45, 7) is 0.443. The molecule has 0 aliphatic heterocycles. The van der Waals surface area contributed by atoms with Crippen LogP contribution in [-0.4, -0.2) is 25.8 Å². The Kier molecular flexibility index (Phi) is 6.44. The molecule has 4 rings (SSSR count). The van der Waals surface area contributed by atoms with Gasteiger partial charge in [0.05, 0.1) is 18.3 Å². The van der Waals surface area contributed by atoms with Gasteiger partial charge in [0.15, 0.2) is 5.95 Å². The van der Waals surface area contributed by atoms with Gasteiger partial charge in [-0.25, -0.2) is 15.0 Å². The number of rotatable bonds is 8. The molecule has 0 spiro atoms. The predicted octanol–water partition coefficient (Wildman–Crippen LogP) is 3.43. The smallest absolute Gasteiger partial charge is 0.233 e. The molecule has 0 fully saturated rings. The van der Waals surface area contributed by atoms with Gasteiger partial charge in [-0.05, 0) is 40.8 Å². The Bertz CT molecular complexity index is 1130. The fraction of sp³-hybridized carbons (Fsp3) is 0.0909. The fourth-order valence-corrected chi connectivity index (χ4v) is 3.43. The normalized spacial score (nSPS) is 10.6. The summed E-state index contributed by atoms with van der Waals surface area (Å²) in [5.74, 6) is 0.791. The molecule has 0 atom stereocenters. The molecule has 1 amide bonds. The van der Waals surface area contributed by atoms with Gasteiger partial charge in [0, 0.05) is 23.8 Å². The van der Waals surface area contributed by atoms with Crippen LogP contribution in [0.15, 0.2) is 78.1 Å². The Morgan fingerprint density at radius 3 is 2.35 bits per heavy atom. The van der Waals surface area contributed by atoms with E-state index in [1.807, 2.05) is 54.6 Å². The number of aromatic nitrogens is 4. The number of imidazole rings is 1. The average Bonchev–Trinajstić information content (AvgIpc) is 3.24. The van der Waals surface area contributed by atoms with Gasteiger partial charge in [-0.2, -0.15) is 0 Å². The Hall–Kier alpha value is -3.85. The van der Waals surface area contributed by atoms with Crippen molar-refractivity contribution in [1.82, 2.24) is 25.3 Å². The van der Waals surface area contributed by atoms with E-state index < -0.39 is 0 Å². The molecule has 0 radical (unpaired) electrons. The SMILES string of the molecule is Nc1ncc(-c2ccc(CNC(=O)Cc3cnc(NSc4ccccc4)nc3)cc2)[nH]1. The molecule has 0 saturated carbocycles. The van der Waals surface area contributed by atoms with Crippen LogP contribution < -0.4 is 15.8 Å². The van der Waals surface area contributed by atoms with Crippen LogP contribution in [0.2, 0.25) is 0 Å². The van der Waals surface area contributed by atoms with Crippen molar-refractivity contribution in [1.29, 1.82) is 0 Å². The van der Waals surface area contributed by atoms with Gasteiger partial charge >= 0.3 is 0 Å². The Morgan fingerprint density at radius 1 is 0.935 bits per heavy atom. The molecule has 0 saturated heterocycles. The lowest BCUT2D eigenvalue weighted by molar-refractivity contribution is -0.120. The maximum absolute atomic E-state index is 12.3. The van der Waals surface area contributed by atoms with Gasteiger partial charge in [-0.15, -0.1) is 0 Å². The monoisotopic (exact) mass is 431 g/mol. The molecular weight excluding hydrogens is 410 g/mol. The van der Waals surface area contributed by atoms with E-state index in [1.165, 1.54) is 11.9 Å². The van der Waals surface area contributed by atoms with Crippen molar-refractivity contribution < 1.29 is 4.79 Å². The predicted molar refractivity (Wildman–Crippen MR) is 122 cm³/mol. The zero-order valence-electron chi connectivity index (χ0n) is 16.6. The molecule has 2 aromatic carbocycles. The van der Waals surface area contributed by atoms with E-state index in [0.717, 1.165) is 27.3 Å². The minimum absolute atomic E-state index is 0.0895. The van der Waals surface area contributed by atoms with Crippen molar-refractivity contribution in [3.05, 3.63) is 84.3 Å². The Labute approximate surface area is 183 Å². The number of nitrogens with two attached hydrogens (primary N) is 1. The highest BCUT2D eigenvalue weighted by atomic mass is 32.2. The van der Waals surface area contributed by atoms with Crippen molar-refractivity contribution in [2.75, 3.05) is 10.5 Å². The molecule has 2 aromatic heterocycles. The van der Waals surface area contributed by atoms with Gasteiger partial charge in [0.1, 0.15) is 0 Å². The lowest BCUT2D eigenvalue weighted by Gasteiger charge is -2.07. The number of benzene rings is 2. The van der Waals surface area contributed by atoms with Crippen molar-refractivity contribution in [3.63, 3.8) is 0 Å². The van der Waals surface area contributed by atoms with Crippen LogP contribution in [0.3, 0.4) is 0 Å². The number of nitrogen functional groups attached to an aromatic ring is 1. The molecule has 0 bridgehead atoms. The second-order valence-corrected chi connectivity index (χ2v) is 7.64. The summed E-state index contributed by atoms with van der Waals surface area (Å²) in [5, 5.41) is 2.92. The van der Waals surface area contributed by atoms with Crippen molar-refractivity contribution in [2.24, 2.45) is 0 Å². The number of hydrogen-bond donors (Lipinski definition) is 4. The number of amides is 1. The minimum Gasteiger partial charge on any atom is -0.369 e.